The van der Waals surface area contributed by atoms with E-state index in [0.29, 0.717) is 31.3 Å². The summed E-state index contributed by atoms with van der Waals surface area (Å²) in [6.45, 7) is 5.72. The van der Waals surface area contributed by atoms with Crippen molar-refractivity contribution in [2.45, 2.75) is 13.8 Å². The quantitative estimate of drug-likeness (QED) is 0.656. The number of rotatable bonds is 5. The summed E-state index contributed by atoms with van der Waals surface area (Å²) in [7, 11) is 0. The maximum atomic E-state index is 5.92. The number of anilines is 1. The number of nitrogen functional groups attached to an aromatic ring is 1. The number of ether oxygens (including phenoxy) is 2. The Bertz CT molecular complexity index is 510. The van der Waals surface area contributed by atoms with Crippen molar-refractivity contribution < 1.29 is 9.47 Å². The second-order valence-corrected chi connectivity index (χ2v) is 4.87. The molecule has 92 valence electrons. The van der Waals surface area contributed by atoms with E-state index >= 15 is 0 Å². The Balaban J connectivity index is 2.13. The average Bonchev–Trinajstić information content (AvgIpc) is 2.63. The molecule has 0 saturated heterocycles. The third-order valence-corrected chi connectivity index (χ3v) is 3.25. The number of fused-ring (bicyclic) bond motifs is 1. The highest BCUT2D eigenvalue weighted by Crippen LogP contribution is 2.31. The summed E-state index contributed by atoms with van der Waals surface area (Å²) in [4.78, 5) is 4.41. The molecule has 0 aliphatic carbocycles. The van der Waals surface area contributed by atoms with E-state index in [4.69, 9.17) is 15.2 Å². The number of thiazole rings is 1. The molecule has 4 nitrogen and oxygen atoms in total. The van der Waals surface area contributed by atoms with Crippen LogP contribution in [0.5, 0.6) is 5.75 Å². The van der Waals surface area contributed by atoms with Crippen LogP contribution < -0.4 is 10.5 Å². The third kappa shape index (κ3) is 2.87. The molecule has 0 radical (unpaired) electrons. The van der Waals surface area contributed by atoms with Crippen LogP contribution in [0.2, 0.25) is 0 Å². The second kappa shape index (κ2) is 5.33. The first-order valence-corrected chi connectivity index (χ1v) is 6.39. The zero-order valence-corrected chi connectivity index (χ0v) is 10.8. The molecule has 0 saturated carbocycles. The summed E-state index contributed by atoms with van der Waals surface area (Å²) in [6, 6.07) is 3.80. The topological polar surface area (TPSA) is 57.4 Å². The lowest BCUT2D eigenvalue weighted by molar-refractivity contribution is 0.110. The first-order valence-electron chi connectivity index (χ1n) is 5.58. The van der Waals surface area contributed by atoms with Gasteiger partial charge in [0.15, 0.2) is 0 Å². The van der Waals surface area contributed by atoms with Gasteiger partial charge in [0, 0.05) is 12.7 Å². The molecule has 0 aliphatic rings. The molecular weight excluding hydrogens is 236 g/mol. The lowest BCUT2D eigenvalue weighted by Gasteiger charge is -2.08. The fourth-order valence-corrected chi connectivity index (χ4v) is 2.42. The first-order chi connectivity index (χ1) is 8.20. The first kappa shape index (κ1) is 12.1. The minimum Gasteiger partial charge on any atom is -0.489 e. The molecule has 1 aromatic heterocycles. The number of nitrogens with zero attached hydrogens (tertiary/aromatic N) is 1. The van der Waals surface area contributed by atoms with Gasteiger partial charge in [-0.05, 0) is 19.9 Å². The van der Waals surface area contributed by atoms with Gasteiger partial charge in [-0.2, -0.15) is 0 Å². The summed E-state index contributed by atoms with van der Waals surface area (Å²) in [5.41, 5.74) is 7.51. The predicted molar refractivity (Wildman–Crippen MR) is 70.8 cm³/mol. The molecule has 2 aromatic rings. The van der Waals surface area contributed by atoms with Crippen LogP contribution in [0.1, 0.15) is 11.9 Å². The van der Waals surface area contributed by atoms with Crippen LogP contribution in [0, 0.1) is 6.92 Å². The standard InChI is InChI=1S/C12H16N2O2S/c1-3-15-4-5-16-11-7-10-12(6-9(11)13)17-8(2)14-10/h6-7H,3-5,13H2,1-2H3. The van der Waals surface area contributed by atoms with Gasteiger partial charge in [-0.3, -0.25) is 0 Å². The lowest BCUT2D eigenvalue weighted by atomic mass is 10.3. The fraction of sp³-hybridized carbons (Fsp3) is 0.417. The Kier molecular flexibility index (Phi) is 3.81. The number of aryl methyl sites for hydroxylation is 1. The van der Waals surface area contributed by atoms with Crippen molar-refractivity contribution in [1.82, 2.24) is 4.98 Å². The van der Waals surface area contributed by atoms with Gasteiger partial charge in [-0.25, -0.2) is 4.98 Å². The Hall–Kier alpha value is -1.33. The molecule has 2 N–H and O–H groups in total. The van der Waals surface area contributed by atoms with E-state index in [2.05, 4.69) is 4.98 Å². The molecule has 2 rings (SSSR count). The highest BCUT2D eigenvalue weighted by molar-refractivity contribution is 7.18. The van der Waals surface area contributed by atoms with Gasteiger partial charge in [0.25, 0.3) is 0 Å². The van der Waals surface area contributed by atoms with Gasteiger partial charge < -0.3 is 15.2 Å². The zero-order chi connectivity index (χ0) is 12.3. The van der Waals surface area contributed by atoms with E-state index in [1.807, 2.05) is 26.0 Å². The van der Waals surface area contributed by atoms with Gasteiger partial charge in [0.2, 0.25) is 0 Å². The number of hydrogen-bond acceptors (Lipinski definition) is 5. The molecule has 17 heavy (non-hydrogen) atoms. The molecule has 5 heteroatoms. The minimum atomic E-state index is 0.507. The van der Waals surface area contributed by atoms with Crippen molar-refractivity contribution in [3.63, 3.8) is 0 Å². The van der Waals surface area contributed by atoms with Gasteiger partial charge in [0.05, 0.1) is 27.5 Å². The van der Waals surface area contributed by atoms with Crippen molar-refractivity contribution in [3.05, 3.63) is 17.1 Å². The van der Waals surface area contributed by atoms with Crippen LogP contribution in [0.15, 0.2) is 12.1 Å². The molecule has 0 atom stereocenters. The van der Waals surface area contributed by atoms with Crippen molar-refractivity contribution >= 4 is 27.2 Å². The molecule has 0 aliphatic heterocycles. The van der Waals surface area contributed by atoms with Crippen molar-refractivity contribution in [3.8, 4) is 5.75 Å². The van der Waals surface area contributed by atoms with E-state index in [1.165, 1.54) is 0 Å². The van der Waals surface area contributed by atoms with E-state index in [1.54, 1.807) is 11.3 Å². The van der Waals surface area contributed by atoms with E-state index in [9.17, 15) is 0 Å². The average molecular weight is 252 g/mol. The molecule has 0 amide bonds. The molecule has 1 aromatic carbocycles. The molecular formula is C12H16N2O2S. The van der Waals surface area contributed by atoms with Crippen molar-refractivity contribution in [1.29, 1.82) is 0 Å². The van der Waals surface area contributed by atoms with Gasteiger partial charge in [-0.15, -0.1) is 11.3 Å². The molecule has 0 unspecified atom stereocenters. The van der Waals surface area contributed by atoms with Gasteiger partial charge in [0.1, 0.15) is 12.4 Å². The molecule has 0 spiro atoms. The number of aromatic nitrogens is 1. The zero-order valence-electron chi connectivity index (χ0n) is 10.0. The van der Waals surface area contributed by atoms with E-state index < -0.39 is 0 Å². The second-order valence-electron chi connectivity index (χ2n) is 3.64. The lowest BCUT2D eigenvalue weighted by Crippen LogP contribution is -2.07. The molecule has 1 heterocycles. The van der Waals surface area contributed by atoms with Crippen LogP contribution in [-0.4, -0.2) is 24.8 Å². The number of benzene rings is 1. The summed E-state index contributed by atoms with van der Waals surface area (Å²) in [5.74, 6) is 0.683. The van der Waals surface area contributed by atoms with Crippen LogP contribution in [-0.2, 0) is 4.74 Å². The largest absolute Gasteiger partial charge is 0.489 e. The maximum Gasteiger partial charge on any atom is 0.144 e. The van der Waals surface area contributed by atoms with Gasteiger partial charge in [-0.1, -0.05) is 0 Å². The Labute approximate surface area is 104 Å². The maximum absolute atomic E-state index is 5.92. The van der Waals surface area contributed by atoms with Crippen LogP contribution >= 0.6 is 11.3 Å². The number of nitrogens with two attached hydrogens (primary N) is 1. The fourth-order valence-electron chi connectivity index (χ4n) is 1.57. The Morgan fingerprint density at radius 2 is 2.18 bits per heavy atom. The molecule has 0 bridgehead atoms. The van der Waals surface area contributed by atoms with Crippen LogP contribution in [0.25, 0.3) is 10.2 Å². The third-order valence-electron chi connectivity index (χ3n) is 2.32. The highest BCUT2D eigenvalue weighted by atomic mass is 32.1. The Morgan fingerprint density at radius 3 is 2.94 bits per heavy atom. The van der Waals surface area contributed by atoms with Crippen LogP contribution in [0.4, 0.5) is 5.69 Å². The van der Waals surface area contributed by atoms with Crippen molar-refractivity contribution in [2.24, 2.45) is 0 Å². The smallest absolute Gasteiger partial charge is 0.144 e. The van der Waals surface area contributed by atoms with E-state index in [-0.39, 0.29) is 0 Å². The summed E-state index contributed by atoms with van der Waals surface area (Å²) < 4.78 is 11.9. The summed E-state index contributed by atoms with van der Waals surface area (Å²) >= 11 is 1.64. The predicted octanol–water partition coefficient (Wildman–Crippen LogP) is 2.60. The summed E-state index contributed by atoms with van der Waals surface area (Å²) in [5, 5.41) is 1.03. The normalized spacial score (nSPS) is 10.9. The van der Waals surface area contributed by atoms with Gasteiger partial charge >= 0.3 is 0 Å². The molecule has 0 fully saturated rings. The monoisotopic (exact) mass is 252 g/mol. The SMILES string of the molecule is CCOCCOc1cc2nc(C)sc2cc1N. The highest BCUT2D eigenvalue weighted by Gasteiger charge is 2.07. The van der Waals surface area contributed by atoms with Crippen molar-refractivity contribution in [2.75, 3.05) is 25.6 Å². The van der Waals surface area contributed by atoms with Crippen LogP contribution in [0.3, 0.4) is 0 Å². The minimum absolute atomic E-state index is 0.507. The van der Waals surface area contributed by atoms with E-state index in [0.717, 1.165) is 15.2 Å². The summed E-state index contributed by atoms with van der Waals surface area (Å²) in [6.07, 6.45) is 0. The Morgan fingerprint density at radius 1 is 1.35 bits per heavy atom. The number of hydrogen-bond donors (Lipinski definition) is 1.